The zero-order chi connectivity index (χ0) is 10.7. The Balaban J connectivity index is 2.60. The number of hydrogen-bond acceptors (Lipinski definition) is 3. The number of halogens is 1. The van der Waals surface area contributed by atoms with Crippen LogP contribution in [0.15, 0.2) is 0 Å². The van der Waals surface area contributed by atoms with Crippen LogP contribution < -0.4 is 0 Å². The van der Waals surface area contributed by atoms with Crippen LogP contribution in [0.4, 0.5) is 0 Å². The minimum atomic E-state index is 0.169. The van der Waals surface area contributed by atoms with E-state index in [1.54, 1.807) is 0 Å². The summed E-state index contributed by atoms with van der Waals surface area (Å²) in [6.07, 6.45) is 0.837. The summed E-state index contributed by atoms with van der Waals surface area (Å²) in [5.41, 5.74) is 0. The molecule has 0 fully saturated rings. The maximum atomic E-state index is 6.18. The molecule has 1 heterocycles. The van der Waals surface area contributed by atoms with Gasteiger partial charge in [-0.25, -0.2) is 4.98 Å². The smallest absolute Gasteiger partial charge is 0.145 e. The molecule has 0 spiro atoms. The van der Waals surface area contributed by atoms with Gasteiger partial charge in [0.15, 0.2) is 0 Å². The van der Waals surface area contributed by atoms with Crippen molar-refractivity contribution in [1.82, 2.24) is 9.36 Å². The van der Waals surface area contributed by atoms with Gasteiger partial charge < -0.3 is 0 Å². The van der Waals surface area contributed by atoms with E-state index >= 15 is 0 Å². The number of alkyl halides is 1. The van der Waals surface area contributed by atoms with Gasteiger partial charge in [-0.3, -0.25) is 0 Å². The first-order chi connectivity index (χ1) is 6.50. The summed E-state index contributed by atoms with van der Waals surface area (Å²) in [5.74, 6) is 1.84. The predicted molar refractivity (Wildman–Crippen MR) is 62.2 cm³/mol. The van der Waals surface area contributed by atoms with Crippen molar-refractivity contribution in [2.24, 2.45) is 5.92 Å². The minimum Gasteiger partial charge on any atom is -0.224 e. The van der Waals surface area contributed by atoms with Crippen LogP contribution in [0.1, 0.15) is 44.4 Å². The van der Waals surface area contributed by atoms with Gasteiger partial charge in [0.2, 0.25) is 0 Å². The fraction of sp³-hybridized carbons (Fsp3) is 0.800. The van der Waals surface area contributed by atoms with E-state index in [1.807, 2.05) is 0 Å². The molecule has 1 rings (SSSR count). The van der Waals surface area contributed by atoms with E-state index in [4.69, 9.17) is 11.6 Å². The van der Waals surface area contributed by atoms with Crippen LogP contribution in [0.5, 0.6) is 0 Å². The number of nitrogens with zero attached hydrogens (tertiary/aromatic N) is 2. The standard InChI is InChI=1S/C10H17ClN2S/c1-6(2)8(11)5-9-12-10(7(3)4)13-14-9/h6-8H,5H2,1-4H3. The maximum Gasteiger partial charge on any atom is 0.145 e. The summed E-state index contributed by atoms with van der Waals surface area (Å²) in [4.78, 5) is 4.46. The molecular formula is C10H17ClN2S. The highest BCUT2D eigenvalue weighted by atomic mass is 35.5. The summed E-state index contributed by atoms with van der Waals surface area (Å²) in [7, 11) is 0. The lowest BCUT2D eigenvalue weighted by Gasteiger charge is -2.10. The van der Waals surface area contributed by atoms with E-state index in [0.717, 1.165) is 17.3 Å². The Hall–Kier alpha value is -0.150. The second kappa shape index (κ2) is 5.08. The quantitative estimate of drug-likeness (QED) is 0.743. The first-order valence-corrected chi connectivity index (χ1v) is 6.18. The molecule has 0 amide bonds. The molecule has 0 aliphatic carbocycles. The number of aromatic nitrogens is 2. The average molecular weight is 233 g/mol. The Morgan fingerprint density at radius 1 is 1.29 bits per heavy atom. The number of hydrogen-bond donors (Lipinski definition) is 0. The average Bonchev–Trinajstić information content (AvgIpc) is 2.52. The molecule has 0 saturated carbocycles. The summed E-state index contributed by atoms with van der Waals surface area (Å²) in [6.45, 7) is 8.46. The molecule has 0 bridgehead atoms. The molecule has 0 aliphatic heterocycles. The Bertz CT molecular complexity index is 283. The molecular weight excluding hydrogens is 216 g/mol. The van der Waals surface area contributed by atoms with Crippen molar-refractivity contribution in [2.45, 2.75) is 45.4 Å². The van der Waals surface area contributed by atoms with Gasteiger partial charge in [-0.1, -0.05) is 27.7 Å². The molecule has 1 unspecified atom stereocenters. The summed E-state index contributed by atoms with van der Waals surface area (Å²) >= 11 is 7.66. The van der Waals surface area contributed by atoms with Crippen molar-refractivity contribution in [3.05, 3.63) is 10.8 Å². The lowest BCUT2D eigenvalue weighted by molar-refractivity contribution is 0.594. The SMILES string of the molecule is CC(C)c1nsc(CC(Cl)C(C)C)n1. The fourth-order valence-electron chi connectivity index (χ4n) is 0.988. The molecule has 2 nitrogen and oxygen atoms in total. The van der Waals surface area contributed by atoms with E-state index in [9.17, 15) is 0 Å². The molecule has 0 radical (unpaired) electrons. The van der Waals surface area contributed by atoms with Crippen LogP contribution in [-0.2, 0) is 6.42 Å². The zero-order valence-corrected chi connectivity index (χ0v) is 10.7. The van der Waals surface area contributed by atoms with Gasteiger partial charge in [0.25, 0.3) is 0 Å². The topological polar surface area (TPSA) is 25.8 Å². The first-order valence-electron chi connectivity index (χ1n) is 4.97. The molecule has 80 valence electrons. The van der Waals surface area contributed by atoms with Crippen LogP contribution in [0, 0.1) is 5.92 Å². The first kappa shape index (κ1) is 11.9. The van der Waals surface area contributed by atoms with Gasteiger partial charge in [0.05, 0.1) is 0 Å². The third-order valence-electron chi connectivity index (χ3n) is 2.09. The third-order valence-corrected chi connectivity index (χ3v) is 3.50. The van der Waals surface area contributed by atoms with Crippen LogP contribution >= 0.6 is 23.1 Å². The molecule has 1 aromatic heterocycles. The molecule has 0 aliphatic rings. The summed E-state index contributed by atoms with van der Waals surface area (Å²) in [6, 6.07) is 0. The van der Waals surface area contributed by atoms with Crippen LogP contribution in [-0.4, -0.2) is 14.7 Å². The Kier molecular flexibility index (Phi) is 4.32. The van der Waals surface area contributed by atoms with E-state index in [2.05, 4.69) is 37.1 Å². The predicted octanol–water partition coefficient (Wildman–Crippen LogP) is 3.47. The van der Waals surface area contributed by atoms with E-state index in [1.165, 1.54) is 11.5 Å². The third kappa shape index (κ3) is 3.21. The van der Waals surface area contributed by atoms with Crippen LogP contribution in [0.3, 0.4) is 0 Å². The maximum absolute atomic E-state index is 6.18. The fourth-order valence-corrected chi connectivity index (χ4v) is 2.06. The highest BCUT2D eigenvalue weighted by molar-refractivity contribution is 7.05. The summed E-state index contributed by atoms with van der Waals surface area (Å²) < 4.78 is 4.30. The van der Waals surface area contributed by atoms with Gasteiger partial charge >= 0.3 is 0 Å². The molecule has 14 heavy (non-hydrogen) atoms. The van der Waals surface area contributed by atoms with Gasteiger partial charge in [-0.2, -0.15) is 4.37 Å². The molecule has 0 aromatic carbocycles. The molecule has 1 atom stereocenters. The molecule has 0 saturated heterocycles. The summed E-state index contributed by atoms with van der Waals surface area (Å²) in [5, 5.41) is 1.23. The van der Waals surface area contributed by atoms with Crippen molar-refractivity contribution >= 4 is 23.1 Å². The molecule has 1 aromatic rings. The van der Waals surface area contributed by atoms with Crippen LogP contribution in [0.25, 0.3) is 0 Å². The van der Waals surface area contributed by atoms with Crippen LogP contribution in [0.2, 0.25) is 0 Å². The van der Waals surface area contributed by atoms with Gasteiger partial charge in [-0.05, 0) is 17.5 Å². The van der Waals surface area contributed by atoms with Crippen molar-refractivity contribution in [2.75, 3.05) is 0 Å². The van der Waals surface area contributed by atoms with Crippen molar-refractivity contribution in [3.63, 3.8) is 0 Å². The Morgan fingerprint density at radius 3 is 2.36 bits per heavy atom. The van der Waals surface area contributed by atoms with Crippen molar-refractivity contribution in [1.29, 1.82) is 0 Å². The molecule has 4 heteroatoms. The monoisotopic (exact) mass is 232 g/mol. The highest BCUT2D eigenvalue weighted by Gasteiger charge is 2.14. The van der Waals surface area contributed by atoms with E-state index < -0.39 is 0 Å². The lowest BCUT2D eigenvalue weighted by Crippen LogP contribution is -2.10. The molecule has 0 N–H and O–H groups in total. The van der Waals surface area contributed by atoms with Crippen molar-refractivity contribution in [3.8, 4) is 0 Å². The van der Waals surface area contributed by atoms with Crippen molar-refractivity contribution < 1.29 is 0 Å². The lowest BCUT2D eigenvalue weighted by atomic mass is 10.1. The Morgan fingerprint density at radius 2 is 1.93 bits per heavy atom. The zero-order valence-electron chi connectivity index (χ0n) is 9.12. The second-order valence-corrected chi connectivity index (χ2v) is 5.56. The van der Waals surface area contributed by atoms with E-state index in [0.29, 0.717) is 11.8 Å². The van der Waals surface area contributed by atoms with Gasteiger partial charge in [0.1, 0.15) is 10.8 Å². The van der Waals surface area contributed by atoms with Gasteiger partial charge in [0, 0.05) is 17.7 Å². The minimum absolute atomic E-state index is 0.169. The largest absolute Gasteiger partial charge is 0.224 e. The highest BCUT2D eigenvalue weighted by Crippen LogP contribution is 2.19. The second-order valence-electron chi connectivity index (χ2n) is 4.17. The Labute approximate surface area is 94.9 Å². The van der Waals surface area contributed by atoms with Gasteiger partial charge in [-0.15, -0.1) is 11.6 Å². The van der Waals surface area contributed by atoms with E-state index in [-0.39, 0.29) is 5.38 Å². The normalized spacial score (nSPS) is 13.9. The number of rotatable bonds is 4.